The van der Waals surface area contributed by atoms with Crippen LogP contribution in [0.5, 0.6) is 5.75 Å². The molecular formula is C19H21N3O2. The van der Waals surface area contributed by atoms with Crippen LogP contribution in [0.25, 0.3) is 11.0 Å². The van der Waals surface area contributed by atoms with Crippen molar-refractivity contribution >= 4 is 22.6 Å². The summed E-state index contributed by atoms with van der Waals surface area (Å²) in [5, 5.41) is 2.93. The minimum Gasteiger partial charge on any atom is -0.497 e. The lowest BCUT2D eigenvalue weighted by molar-refractivity contribution is -0.115. The minimum atomic E-state index is -0.0527. The highest BCUT2D eigenvalue weighted by Crippen LogP contribution is 2.21. The first-order valence-electron chi connectivity index (χ1n) is 7.97. The van der Waals surface area contributed by atoms with Crippen LogP contribution in [0, 0.1) is 0 Å². The zero-order chi connectivity index (χ0) is 17.1. The Balaban J connectivity index is 1.70. The molecule has 124 valence electrons. The van der Waals surface area contributed by atoms with E-state index in [1.165, 1.54) is 0 Å². The third-order valence-corrected chi connectivity index (χ3v) is 3.85. The second kappa shape index (κ2) is 6.74. The van der Waals surface area contributed by atoms with E-state index < -0.39 is 0 Å². The molecule has 0 aliphatic carbocycles. The van der Waals surface area contributed by atoms with Crippen LogP contribution in [0.2, 0.25) is 0 Å². The molecule has 0 aliphatic rings. The molecule has 0 unspecified atom stereocenters. The van der Waals surface area contributed by atoms with Gasteiger partial charge >= 0.3 is 0 Å². The first-order valence-corrected chi connectivity index (χ1v) is 7.97. The SMILES string of the molecule is COc1ccc(CC(=O)Nc2ccc3nc(C(C)C)[nH]c3c2)cc1. The van der Waals surface area contributed by atoms with E-state index in [2.05, 4.69) is 29.1 Å². The van der Waals surface area contributed by atoms with Crippen LogP contribution in [0.15, 0.2) is 42.5 Å². The number of methoxy groups -OCH3 is 1. The fourth-order valence-electron chi connectivity index (χ4n) is 2.51. The molecule has 1 amide bonds. The summed E-state index contributed by atoms with van der Waals surface area (Å²) in [6.45, 7) is 4.19. The maximum atomic E-state index is 12.2. The van der Waals surface area contributed by atoms with Gasteiger partial charge in [-0.2, -0.15) is 0 Å². The molecule has 2 N–H and O–H groups in total. The number of aromatic amines is 1. The number of anilines is 1. The lowest BCUT2D eigenvalue weighted by Gasteiger charge is -2.06. The molecule has 0 saturated carbocycles. The van der Waals surface area contributed by atoms with Crippen LogP contribution in [0.1, 0.15) is 31.2 Å². The molecule has 24 heavy (non-hydrogen) atoms. The Hall–Kier alpha value is -2.82. The Morgan fingerprint density at radius 1 is 1.21 bits per heavy atom. The molecule has 0 fully saturated rings. The average Bonchev–Trinajstić information content (AvgIpc) is 2.99. The topological polar surface area (TPSA) is 67.0 Å². The summed E-state index contributed by atoms with van der Waals surface area (Å²) in [4.78, 5) is 20.0. The van der Waals surface area contributed by atoms with Crippen molar-refractivity contribution in [2.24, 2.45) is 0 Å². The Morgan fingerprint density at radius 3 is 2.62 bits per heavy atom. The number of amides is 1. The third kappa shape index (κ3) is 3.56. The fraction of sp³-hybridized carbons (Fsp3) is 0.263. The van der Waals surface area contributed by atoms with Crippen LogP contribution in [0.4, 0.5) is 5.69 Å². The second-order valence-corrected chi connectivity index (χ2v) is 6.08. The van der Waals surface area contributed by atoms with Crippen LogP contribution in [0.3, 0.4) is 0 Å². The molecule has 0 saturated heterocycles. The number of carbonyl (C=O) groups is 1. The highest BCUT2D eigenvalue weighted by molar-refractivity contribution is 5.94. The molecular weight excluding hydrogens is 302 g/mol. The van der Waals surface area contributed by atoms with Crippen LogP contribution < -0.4 is 10.1 Å². The van der Waals surface area contributed by atoms with Crippen molar-refractivity contribution in [1.29, 1.82) is 0 Å². The summed E-state index contributed by atoms with van der Waals surface area (Å²) >= 11 is 0. The summed E-state index contributed by atoms with van der Waals surface area (Å²) < 4.78 is 5.12. The van der Waals surface area contributed by atoms with E-state index in [1.54, 1.807) is 7.11 Å². The van der Waals surface area contributed by atoms with E-state index in [0.717, 1.165) is 33.9 Å². The van der Waals surface area contributed by atoms with Crippen molar-refractivity contribution in [1.82, 2.24) is 9.97 Å². The number of hydrogen-bond donors (Lipinski definition) is 2. The van der Waals surface area contributed by atoms with Crippen LogP contribution in [-0.2, 0) is 11.2 Å². The van der Waals surface area contributed by atoms with Crippen molar-refractivity contribution in [2.75, 3.05) is 12.4 Å². The second-order valence-electron chi connectivity index (χ2n) is 6.08. The number of carbonyl (C=O) groups excluding carboxylic acids is 1. The summed E-state index contributed by atoms with van der Waals surface area (Å²) in [5.41, 5.74) is 3.55. The smallest absolute Gasteiger partial charge is 0.228 e. The van der Waals surface area contributed by atoms with Crippen molar-refractivity contribution in [3.8, 4) is 5.75 Å². The Bertz CT molecular complexity index is 851. The number of nitrogens with zero attached hydrogens (tertiary/aromatic N) is 1. The largest absolute Gasteiger partial charge is 0.497 e. The van der Waals surface area contributed by atoms with Crippen LogP contribution in [-0.4, -0.2) is 23.0 Å². The molecule has 3 rings (SSSR count). The number of H-pyrrole nitrogens is 1. The van der Waals surface area contributed by atoms with E-state index in [4.69, 9.17) is 4.74 Å². The summed E-state index contributed by atoms with van der Waals surface area (Å²) in [6.07, 6.45) is 0.322. The van der Waals surface area contributed by atoms with Gasteiger partial charge in [0.05, 0.1) is 24.6 Å². The van der Waals surface area contributed by atoms with Gasteiger partial charge in [0.1, 0.15) is 11.6 Å². The van der Waals surface area contributed by atoms with Gasteiger partial charge in [-0.25, -0.2) is 4.98 Å². The van der Waals surface area contributed by atoms with Gasteiger partial charge in [0.2, 0.25) is 5.91 Å². The predicted octanol–water partition coefficient (Wildman–Crippen LogP) is 3.88. The fourth-order valence-corrected chi connectivity index (χ4v) is 2.51. The summed E-state index contributed by atoms with van der Waals surface area (Å²) in [5.74, 6) is 2.02. The monoisotopic (exact) mass is 323 g/mol. The Labute approximate surface area is 141 Å². The predicted molar refractivity (Wildman–Crippen MR) is 95.5 cm³/mol. The standard InChI is InChI=1S/C19H21N3O2/c1-12(2)19-21-16-9-6-14(11-17(16)22-19)20-18(23)10-13-4-7-15(24-3)8-5-13/h4-9,11-12H,10H2,1-3H3,(H,20,23)(H,21,22). The molecule has 0 bridgehead atoms. The quantitative estimate of drug-likeness (QED) is 0.749. The van der Waals surface area contributed by atoms with Crippen molar-refractivity contribution in [3.63, 3.8) is 0 Å². The van der Waals surface area contributed by atoms with Crippen molar-refractivity contribution < 1.29 is 9.53 Å². The van der Waals surface area contributed by atoms with Gasteiger partial charge in [-0.15, -0.1) is 0 Å². The molecule has 0 spiro atoms. The summed E-state index contributed by atoms with van der Waals surface area (Å²) in [7, 11) is 1.62. The highest BCUT2D eigenvalue weighted by atomic mass is 16.5. The maximum Gasteiger partial charge on any atom is 0.228 e. The molecule has 1 heterocycles. The number of rotatable bonds is 5. The van der Waals surface area contributed by atoms with E-state index in [0.29, 0.717) is 12.3 Å². The van der Waals surface area contributed by atoms with Gasteiger partial charge in [-0.3, -0.25) is 4.79 Å². The normalized spacial score (nSPS) is 11.0. The third-order valence-electron chi connectivity index (χ3n) is 3.85. The molecule has 2 aromatic carbocycles. The van der Waals surface area contributed by atoms with Crippen molar-refractivity contribution in [3.05, 3.63) is 53.9 Å². The maximum absolute atomic E-state index is 12.2. The van der Waals surface area contributed by atoms with Gasteiger partial charge in [0.15, 0.2) is 0 Å². The first kappa shape index (κ1) is 16.1. The molecule has 5 nitrogen and oxygen atoms in total. The number of fused-ring (bicyclic) bond motifs is 1. The number of hydrogen-bond acceptors (Lipinski definition) is 3. The number of aromatic nitrogens is 2. The molecule has 5 heteroatoms. The number of nitrogens with one attached hydrogen (secondary N) is 2. The van der Waals surface area contributed by atoms with Crippen molar-refractivity contribution in [2.45, 2.75) is 26.2 Å². The zero-order valence-corrected chi connectivity index (χ0v) is 14.1. The molecule has 0 aliphatic heterocycles. The highest BCUT2D eigenvalue weighted by Gasteiger charge is 2.09. The van der Waals surface area contributed by atoms with E-state index in [1.807, 2.05) is 42.5 Å². The van der Waals surface area contributed by atoms with Gasteiger partial charge in [-0.05, 0) is 35.9 Å². The molecule has 0 atom stereocenters. The first-order chi connectivity index (χ1) is 11.5. The van der Waals surface area contributed by atoms with E-state index in [-0.39, 0.29) is 5.91 Å². The van der Waals surface area contributed by atoms with Crippen LogP contribution >= 0.6 is 0 Å². The van der Waals surface area contributed by atoms with Gasteiger partial charge < -0.3 is 15.0 Å². The number of benzene rings is 2. The van der Waals surface area contributed by atoms with Gasteiger partial charge in [0, 0.05) is 11.6 Å². The minimum absolute atomic E-state index is 0.0527. The number of imidazole rings is 1. The van der Waals surface area contributed by atoms with E-state index >= 15 is 0 Å². The number of ether oxygens (including phenoxy) is 1. The molecule has 3 aromatic rings. The lowest BCUT2D eigenvalue weighted by Crippen LogP contribution is -2.14. The Kier molecular flexibility index (Phi) is 4.51. The summed E-state index contributed by atoms with van der Waals surface area (Å²) in [6, 6.07) is 13.2. The lowest BCUT2D eigenvalue weighted by atomic mass is 10.1. The zero-order valence-electron chi connectivity index (χ0n) is 14.1. The van der Waals surface area contributed by atoms with Gasteiger partial charge in [-0.1, -0.05) is 26.0 Å². The van der Waals surface area contributed by atoms with Gasteiger partial charge in [0.25, 0.3) is 0 Å². The molecule has 1 aromatic heterocycles. The average molecular weight is 323 g/mol. The molecule has 0 radical (unpaired) electrons. The van der Waals surface area contributed by atoms with E-state index in [9.17, 15) is 4.79 Å². The Morgan fingerprint density at radius 2 is 1.96 bits per heavy atom.